The van der Waals surface area contributed by atoms with E-state index in [2.05, 4.69) is 11.9 Å². The van der Waals surface area contributed by atoms with Gasteiger partial charge in [-0.15, -0.1) is 0 Å². The van der Waals surface area contributed by atoms with Gasteiger partial charge in [0, 0.05) is 5.56 Å². The van der Waals surface area contributed by atoms with Gasteiger partial charge in [-0.3, -0.25) is 4.79 Å². The SMILES string of the molecule is CC(=O)c1ccc(C(O)(c2cccc(F)c2)C2CCN(C)CC2)cc1. The summed E-state index contributed by atoms with van der Waals surface area (Å²) in [5.74, 6) is -0.377. The van der Waals surface area contributed by atoms with Crippen molar-refractivity contribution in [2.45, 2.75) is 25.4 Å². The summed E-state index contributed by atoms with van der Waals surface area (Å²) in [6.45, 7) is 3.31. The molecule has 0 aliphatic carbocycles. The van der Waals surface area contributed by atoms with Crippen molar-refractivity contribution in [1.82, 2.24) is 4.90 Å². The third kappa shape index (κ3) is 3.51. The fourth-order valence-corrected chi connectivity index (χ4v) is 3.75. The number of Topliss-reactive ketones (excluding diaryl/α,β-unsaturated/α-hetero) is 1. The van der Waals surface area contributed by atoms with E-state index >= 15 is 0 Å². The summed E-state index contributed by atoms with van der Waals surface area (Å²) in [7, 11) is 2.07. The van der Waals surface area contributed by atoms with Gasteiger partial charge >= 0.3 is 0 Å². The molecule has 2 aromatic rings. The summed E-state index contributed by atoms with van der Waals surface area (Å²) >= 11 is 0. The van der Waals surface area contributed by atoms with Gasteiger partial charge in [-0.1, -0.05) is 36.4 Å². The number of nitrogens with zero attached hydrogens (tertiary/aromatic N) is 1. The van der Waals surface area contributed by atoms with Crippen LogP contribution in [0.15, 0.2) is 48.5 Å². The van der Waals surface area contributed by atoms with Gasteiger partial charge in [0.2, 0.25) is 0 Å². The number of hydrogen-bond acceptors (Lipinski definition) is 3. The molecule has 0 aromatic heterocycles. The first-order chi connectivity index (χ1) is 11.9. The minimum absolute atomic E-state index is 0.00585. The van der Waals surface area contributed by atoms with Crippen LogP contribution in [0.3, 0.4) is 0 Å². The van der Waals surface area contributed by atoms with Crippen LogP contribution in [0.5, 0.6) is 0 Å². The molecule has 1 N–H and O–H groups in total. The van der Waals surface area contributed by atoms with Crippen molar-refractivity contribution in [2.24, 2.45) is 5.92 Å². The quantitative estimate of drug-likeness (QED) is 0.864. The van der Waals surface area contributed by atoms with Crippen LogP contribution in [-0.4, -0.2) is 35.9 Å². The van der Waals surface area contributed by atoms with E-state index in [1.165, 1.54) is 19.1 Å². The zero-order chi connectivity index (χ0) is 18.0. The summed E-state index contributed by atoms with van der Waals surface area (Å²) in [6.07, 6.45) is 1.66. The third-order valence-corrected chi connectivity index (χ3v) is 5.31. The van der Waals surface area contributed by atoms with Crippen LogP contribution in [-0.2, 0) is 5.60 Å². The van der Waals surface area contributed by atoms with Gasteiger partial charge in [0.05, 0.1) is 0 Å². The molecular formula is C21H24FNO2. The molecular weight excluding hydrogens is 317 g/mol. The molecule has 0 amide bonds. The summed E-state index contributed by atoms with van der Waals surface area (Å²) in [5.41, 5.74) is 0.614. The van der Waals surface area contributed by atoms with Crippen LogP contribution >= 0.6 is 0 Å². The Labute approximate surface area is 148 Å². The molecule has 25 heavy (non-hydrogen) atoms. The highest BCUT2D eigenvalue weighted by molar-refractivity contribution is 5.94. The van der Waals surface area contributed by atoms with Crippen LogP contribution in [0.1, 0.15) is 41.3 Å². The zero-order valence-electron chi connectivity index (χ0n) is 14.7. The molecule has 0 saturated carbocycles. The first-order valence-electron chi connectivity index (χ1n) is 8.69. The third-order valence-electron chi connectivity index (χ3n) is 5.31. The van der Waals surface area contributed by atoms with E-state index in [0.717, 1.165) is 25.9 Å². The maximum atomic E-state index is 13.8. The normalized spacial score (nSPS) is 18.7. The molecule has 1 aliphatic heterocycles. The van der Waals surface area contributed by atoms with Crippen LogP contribution < -0.4 is 0 Å². The van der Waals surface area contributed by atoms with Crippen molar-refractivity contribution in [3.63, 3.8) is 0 Å². The molecule has 3 nitrogen and oxygen atoms in total. The van der Waals surface area contributed by atoms with Crippen LogP contribution in [0.2, 0.25) is 0 Å². The molecule has 0 spiro atoms. The number of likely N-dealkylation sites (tertiary alicyclic amines) is 1. The Kier molecular flexibility index (Phi) is 5.02. The van der Waals surface area contributed by atoms with Gasteiger partial charge in [0.15, 0.2) is 5.78 Å². The highest BCUT2D eigenvalue weighted by Gasteiger charge is 2.41. The number of benzene rings is 2. The van der Waals surface area contributed by atoms with Gasteiger partial charge in [-0.05, 0) is 69.1 Å². The highest BCUT2D eigenvalue weighted by Crippen LogP contribution is 2.42. The van der Waals surface area contributed by atoms with Crippen molar-refractivity contribution >= 4 is 5.78 Å². The Hall–Kier alpha value is -2.04. The number of hydrogen-bond donors (Lipinski definition) is 1. The number of aliphatic hydroxyl groups is 1. The molecule has 132 valence electrons. The fourth-order valence-electron chi connectivity index (χ4n) is 3.75. The van der Waals surface area contributed by atoms with Gasteiger partial charge in [-0.2, -0.15) is 0 Å². The largest absolute Gasteiger partial charge is 0.380 e. The molecule has 1 saturated heterocycles. The lowest BCUT2D eigenvalue weighted by Crippen LogP contribution is -2.43. The highest BCUT2D eigenvalue weighted by atomic mass is 19.1. The molecule has 1 aliphatic rings. The molecule has 2 aromatic carbocycles. The number of ketones is 1. The van der Waals surface area contributed by atoms with E-state index in [-0.39, 0.29) is 17.5 Å². The van der Waals surface area contributed by atoms with E-state index in [1.807, 2.05) is 0 Å². The molecule has 1 fully saturated rings. The van der Waals surface area contributed by atoms with Gasteiger partial charge < -0.3 is 10.0 Å². The molecule has 0 bridgehead atoms. The summed E-state index contributed by atoms with van der Waals surface area (Å²) in [6, 6.07) is 13.3. The predicted molar refractivity (Wildman–Crippen MR) is 96.1 cm³/mol. The number of piperidine rings is 1. The molecule has 4 heteroatoms. The number of carbonyl (C=O) groups excluding carboxylic acids is 1. The average Bonchev–Trinajstić information content (AvgIpc) is 2.61. The van der Waals surface area contributed by atoms with E-state index in [9.17, 15) is 14.3 Å². The summed E-state index contributed by atoms with van der Waals surface area (Å²) in [4.78, 5) is 13.8. The lowest BCUT2D eigenvalue weighted by molar-refractivity contribution is -0.0111. The maximum Gasteiger partial charge on any atom is 0.159 e. The van der Waals surface area contributed by atoms with E-state index in [1.54, 1.807) is 36.4 Å². The standard InChI is InChI=1S/C21H24FNO2/c1-15(24)16-6-8-17(9-7-16)21(25,18-10-12-23(2)13-11-18)19-4-3-5-20(22)14-19/h3-9,14,18,25H,10-13H2,1-2H3. The summed E-state index contributed by atoms with van der Waals surface area (Å²) in [5, 5.41) is 11.7. The lowest BCUT2D eigenvalue weighted by atomic mass is 9.72. The van der Waals surface area contributed by atoms with Crippen molar-refractivity contribution in [3.8, 4) is 0 Å². The zero-order valence-corrected chi connectivity index (χ0v) is 14.7. The average molecular weight is 341 g/mol. The predicted octanol–water partition coefficient (Wildman–Crippen LogP) is 3.61. The van der Waals surface area contributed by atoms with Crippen molar-refractivity contribution in [2.75, 3.05) is 20.1 Å². The Morgan fingerprint density at radius 1 is 1.12 bits per heavy atom. The number of rotatable bonds is 4. The second-order valence-corrected chi connectivity index (χ2v) is 6.99. The molecule has 0 radical (unpaired) electrons. The molecule has 1 unspecified atom stereocenters. The first kappa shape index (κ1) is 17.8. The van der Waals surface area contributed by atoms with E-state index in [4.69, 9.17) is 0 Å². The van der Waals surface area contributed by atoms with Crippen molar-refractivity contribution in [3.05, 3.63) is 71.0 Å². The van der Waals surface area contributed by atoms with Crippen molar-refractivity contribution < 1.29 is 14.3 Å². The Morgan fingerprint density at radius 2 is 1.76 bits per heavy atom. The first-order valence-corrected chi connectivity index (χ1v) is 8.69. The monoisotopic (exact) mass is 341 g/mol. The van der Waals surface area contributed by atoms with Gasteiger partial charge in [-0.25, -0.2) is 4.39 Å². The minimum atomic E-state index is -1.27. The maximum absolute atomic E-state index is 13.8. The number of carbonyl (C=O) groups is 1. The smallest absolute Gasteiger partial charge is 0.159 e. The molecule has 1 heterocycles. The summed E-state index contributed by atoms with van der Waals surface area (Å²) < 4.78 is 13.8. The Morgan fingerprint density at radius 3 is 2.32 bits per heavy atom. The molecule has 1 atom stereocenters. The van der Waals surface area contributed by atoms with E-state index in [0.29, 0.717) is 16.7 Å². The Bertz CT molecular complexity index is 751. The van der Waals surface area contributed by atoms with Crippen LogP contribution in [0.4, 0.5) is 4.39 Å². The van der Waals surface area contributed by atoms with E-state index < -0.39 is 5.60 Å². The molecule has 3 rings (SSSR count). The second kappa shape index (κ2) is 7.06. The topological polar surface area (TPSA) is 40.5 Å². The minimum Gasteiger partial charge on any atom is -0.380 e. The van der Waals surface area contributed by atoms with Crippen LogP contribution in [0.25, 0.3) is 0 Å². The number of halogens is 1. The second-order valence-electron chi connectivity index (χ2n) is 6.99. The van der Waals surface area contributed by atoms with Crippen LogP contribution in [0, 0.1) is 11.7 Å². The van der Waals surface area contributed by atoms with Crippen molar-refractivity contribution in [1.29, 1.82) is 0 Å². The van der Waals surface area contributed by atoms with Gasteiger partial charge in [0.1, 0.15) is 11.4 Å². The Balaban J connectivity index is 2.06. The van der Waals surface area contributed by atoms with Gasteiger partial charge in [0.25, 0.3) is 0 Å². The fraction of sp³-hybridized carbons (Fsp3) is 0.381. The lowest BCUT2D eigenvalue weighted by Gasteiger charge is -2.41.